The first-order chi connectivity index (χ1) is 12.9. The molecule has 0 radical (unpaired) electrons. The zero-order valence-electron chi connectivity index (χ0n) is 15.3. The highest BCUT2D eigenvalue weighted by atomic mass is 35.5. The predicted molar refractivity (Wildman–Crippen MR) is 105 cm³/mol. The Kier molecular flexibility index (Phi) is 5.71. The van der Waals surface area contributed by atoms with Crippen molar-refractivity contribution in [3.05, 3.63) is 58.6 Å². The number of amides is 1. The molecule has 2 aromatic carbocycles. The molecule has 0 aliphatic carbocycles. The number of nitrogens with zero attached hydrogens (tertiary/aromatic N) is 1. The fourth-order valence-corrected chi connectivity index (χ4v) is 3.57. The minimum Gasteiger partial charge on any atom is -0.486 e. The Morgan fingerprint density at radius 1 is 1.22 bits per heavy atom. The average Bonchev–Trinajstić information content (AvgIpc) is 2.63. The van der Waals surface area contributed by atoms with E-state index in [0.717, 1.165) is 12.1 Å². The third-order valence-corrected chi connectivity index (χ3v) is 4.95. The van der Waals surface area contributed by atoms with Gasteiger partial charge in [-0.1, -0.05) is 18.5 Å². The van der Waals surface area contributed by atoms with Crippen LogP contribution in [0, 0.1) is 0 Å². The maximum atomic E-state index is 12.6. The molecular formula is C21H22ClNO4. The number of fused-ring (bicyclic) bond motifs is 1. The van der Waals surface area contributed by atoms with Crippen LogP contribution < -0.4 is 9.64 Å². The van der Waals surface area contributed by atoms with Gasteiger partial charge in [0.2, 0.25) is 5.91 Å². The summed E-state index contributed by atoms with van der Waals surface area (Å²) >= 11 is 5.93. The quantitative estimate of drug-likeness (QED) is 0.776. The standard InChI is InChI=1S/C21H22ClNO4/c1-3-4-20(24)23-13(2)11-19(27-16-8-6-15(22)7-9-16)17-12-14(21(25)26)5-10-18(17)23/h5-10,12-13,19H,3-4,11H2,1-2H3,(H,25,26)/t13-,19+/m0/s1. The molecule has 2 aromatic rings. The molecule has 0 saturated heterocycles. The highest BCUT2D eigenvalue weighted by Crippen LogP contribution is 2.40. The molecule has 0 unspecified atom stereocenters. The van der Waals surface area contributed by atoms with Crippen molar-refractivity contribution in [1.82, 2.24) is 0 Å². The SMILES string of the molecule is CCCC(=O)N1c2ccc(C(=O)O)cc2[C@H](Oc2ccc(Cl)cc2)C[C@@H]1C. The summed E-state index contributed by atoms with van der Waals surface area (Å²) in [5, 5.41) is 9.98. The molecule has 0 fully saturated rings. The number of carbonyl (C=O) groups is 2. The van der Waals surface area contributed by atoms with Crippen molar-refractivity contribution >= 4 is 29.2 Å². The van der Waals surface area contributed by atoms with Gasteiger partial charge in [-0.2, -0.15) is 0 Å². The lowest BCUT2D eigenvalue weighted by atomic mass is 9.91. The van der Waals surface area contributed by atoms with E-state index in [1.54, 1.807) is 41.3 Å². The molecular weight excluding hydrogens is 366 g/mol. The van der Waals surface area contributed by atoms with Crippen LogP contribution in [0.4, 0.5) is 5.69 Å². The molecule has 2 atom stereocenters. The fraction of sp³-hybridized carbons (Fsp3) is 0.333. The zero-order valence-corrected chi connectivity index (χ0v) is 16.1. The number of carboxylic acid groups (broad SMARTS) is 1. The molecule has 0 saturated carbocycles. The van der Waals surface area contributed by atoms with Gasteiger partial charge in [0, 0.05) is 29.5 Å². The summed E-state index contributed by atoms with van der Waals surface area (Å²) in [6.45, 7) is 3.95. The Morgan fingerprint density at radius 3 is 2.56 bits per heavy atom. The van der Waals surface area contributed by atoms with Crippen molar-refractivity contribution in [1.29, 1.82) is 0 Å². The van der Waals surface area contributed by atoms with Crippen LogP contribution in [0.25, 0.3) is 0 Å². The lowest BCUT2D eigenvalue weighted by Gasteiger charge is -2.39. The molecule has 1 amide bonds. The number of halogens is 1. The number of aromatic carboxylic acids is 1. The van der Waals surface area contributed by atoms with Crippen molar-refractivity contribution < 1.29 is 19.4 Å². The molecule has 6 heteroatoms. The fourth-order valence-electron chi connectivity index (χ4n) is 3.45. The van der Waals surface area contributed by atoms with E-state index in [0.29, 0.717) is 29.2 Å². The molecule has 0 spiro atoms. The van der Waals surface area contributed by atoms with Crippen LogP contribution in [0.15, 0.2) is 42.5 Å². The van der Waals surface area contributed by atoms with Gasteiger partial charge in [-0.3, -0.25) is 4.79 Å². The number of hydrogen-bond donors (Lipinski definition) is 1. The highest BCUT2D eigenvalue weighted by Gasteiger charge is 2.35. The Bertz CT molecular complexity index is 850. The maximum Gasteiger partial charge on any atom is 0.335 e. The molecule has 27 heavy (non-hydrogen) atoms. The van der Waals surface area contributed by atoms with E-state index in [2.05, 4.69) is 0 Å². The normalized spacial score (nSPS) is 18.7. The third-order valence-electron chi connectivity index (χ3n) is 4.70. The molecule has 142 valence electrons. The van der Waals surface area contributed by atoms with Gasteiger partial charge in [-0.15, -0.1) is 0 Å². The Hall–Kier alpha value is -2.53. The van der Waals surface area contributed by atoms with Crippen molar-refractivity contribution in [2.24, 2.45) is 0 Å². The Labute approximate surface area is 163 Å². The van der Waals surface area contributed by atoms with Gasteiger partial charge < -0.3 is 14.7 Å². The minimum absolute atomic E-state index is 0.0410. The lowest BCUT2D eigenvalue weighted by Crippen LogP contribution is -2.44. The van der Waals surface area contributed by atoms with Crippen molar-refractivity contribution in [2.45, 2.75) is 45.3 Å². The van der Waals surface area contributed by atoms with Gasteiger partial charge >= 0.3 is 5.97 Å². The summed E-state index contributed by atoms with van der Waals surface area (Å²) in [5.74, 6) is -0.316. The number of carboxylic acids is 1. The van der Waals surface area contributed by atoms with Crippen LogP contribution in [0.5, 0.6) is 5.75 Å². The number of carbonyl (C=O) groups excluding carboxylic acids is 1. The zero-order chi connectivity index (χ0) is 19.6. The summed E-state index contributed by atoms with van der Waals surface area (Å²) in [5.41, 5.74) is 1.61. The van der Waals surface area contributed by atoms with Crippen LogP contribution >= 0.6 is 11.6 Å². The van der Waals surface area contributed by atoms with Crippen molar-refractivity contribution in [3.8, 4) is 5.75 Å². The number of ether oxygens (including phenoxy) is 1. The van der Waals surface area contributed by atoms with E-state index >= 15 is 0 Å². The van der Waals surface area contributed by atoms with Gasteiger partial charge in [0.1, 0.15) is 11.9 Å². The second-order valence-corrected chi connectivity index (χ2v) is 7.17. The van der Waals surface area contributed by atoms with Crippen molar-refractivity contribution in [3.63, 3.8) is 0 Å². The maximum absolute atomic E-state index is 12.6. The molecule has 1 heterocycles. The predicted octanol–water partition coefficient (Wildman–Crippen LogP) is 5.08. The van der Waals surface area contributed by atoms with Crippen LogP contribution in [0.3, 0.4) is 0 Å². The highest BCUT2D eigenvalue weighted by molar-refractivity contribution is 6.30. The second-order valence-electron chi connectivity index (χ2n) is 6.74. The lowest BCUT2D eigenvalue weighted by molar-refractivity contribution is -0.119. The molecule has 3 rings (SSSR count). The Balaban J connectivity index is 2.01. The van der Waals surface area contributed by atoms with Gasteiger partial charge in [0.25, 0.3) is 0 Å². The van der Waals surface area contributed by atoms with E-state index < -0.39 is 5.97 Å². The molecule has 1 aliphatic heterocycles. The van der Waals surface area contributed by atoms with Crippen molar-refractivity contribution in [2.75, 3.05) is 4.90 Å². The van der Waals surface area contributed by atoms with Crippen LogP contribution in [-0.4, -0.2) is 23.0 Å². The smallest absolute Gasteiger partial charge is 0.335 e. The van der Waals surface area contributed by atoms with Crippen LogP contribution in [0.1, 0.15) is 55.1 Å². The molecule has 5 nitrogen and oxygen atoms in total. The van der Waals surface area contributed by atoms with E-state index in [9.17, 15) is 14.7 Å². The topological polar surface area (TPSA) is 66.8 Å². The van der Waals surface area contributed by atoms with Gasteiger partial charge in [0.15, 0.2) is 0 Å². The van der Waals surface area contributed by atoms with E-state index in [1.807, 2.05) is 13.8 Å². The van der Waals surface area contributed by atoms with Crippen LogP contribution in [-0.2, 0) is 4.79 Å². The van der Waals surface area contributed by atoms with Gasteiger partial charge in [0.05, 0.1) is 11.3 Å². The number of rotatable bonds is 5. The van der Waals surface area contributed by atoms with Crippen LogP contribution in [0.2, 0.25) is 5.02 Å². The molecule has 1 aliphatic rings. The summed E-state index contributed by atoms with van der Waals surface area (Å²) in [4.78, 5) is 25.9. The first-order valence-electron chi connectivity index (χ1n) is 9.02. The number of benzene rings is 2. The van der Waals surface area contributed by atoms with E-state index in [-0.39, 0.29) is 23.6 Å². The molecule has 0 bridgehead atoms. The number of anilines is 1. The summed E-state index contributed by atoms with van der Waals surface area (Å²) in [6.07, 6.45) is 1.44. The molecule has 0 aromatic heterocycles. The van der Waals surface area contributed by atoms with Gasteiger partial charge in [-0.25, -0.2) is 4.79 Å². The average molecular weight is 388 g/mol. The summed E-state index contributed by atoms with van der Waals surface area (Å²) in [7, 11) is 0. The van der Waals surface area contributed by atoms with Gasteiger partial charge in [-0.05, 0) is 55.8 Å². The van der Waals surface area contributed by atoms with E-state index in [1.165, 1.54) is 6.07 Å². The monoisotopic (exact) mass is 387 g/mol. The first kappa shape index (κ1) is 19.2. The second kappa shape index (κ2) is 8.01. The summed E-state index contributed by atoms with van der Waals surface area (Å²) < 4.78 is 6.14. The first-order valence-corrected chi connectivity index (χ1v) is 9.40. The third kappa shape index (κ3) is 4.08. The van der Waals surface area contributed by atoms with E-state index in [4.69, 9.17) is 16.3 Å². The number of hydrogen-bond acceptors (Lipinski definition) is 3. The largest absolute Gasteiger partial charge is 0.486 e. The Morgan fingerprint density at radius 2 is 1.93 bits per heavy atom. The minimum atomic E-state index is -1.01. The molecule has 1 N–H and O–H groups in total. The summed E-state index contributed by atoms with van der Waals surface area (Å²) in [6, 6.07) is 11.8.